The summed E-state index contributed by atoms with van der Waals surface area (Å²) < 4.78 is 0. The van der Waals surface area contributed by atoms with Crippen molar-refractivity contribution >= 4 is 52.2 Å². The van der Waals surface area contributed by atoms with Gasteiger partial charge in [-0.15, -0.1) is 0 Å². The Bertz CT molecular complexity index is 1150. The zero-order valence-electron chi connectivity index (χ0n) is 16.8. The van der Waals surface area contributed by atoms with Crippen LogP contribution in [0.15, 0.2) is 48.7 Å². The van der Waals surface area contributed by atoms with E-state index < -0.39 is 0 Å². The molecule has 0 atom stereocenters. The first-order chi connectivity index (χ1) is 15.0. The molecule has 2 amide bonds. The molecule has 0 aliphatic carbocycles. The molecule has 0 unspecified atom stereocenters. The van der Waals surface area contributed by atoms with E-state index in [1.165, 1.54) is 6.20 Å². The summed E-state index contributed by atoms with van der Waals surface area (Å²) in [6, 6.07) is 12.8. The standard InChI is InChI=1S/C22H21ClN6O2/c1-24-21(31)15-6-2-3-7-18(15)28-20-16(23)12-25-22(29-20)26-14-9-10-17-13(11-14)5-4-8-19(30)27-17/h2-3,6-7,9-12H,4-5,8H2,1H3,(H,24,31)(H,27,30)(H2,25,26,28,29). The number of hydrogen-bond acceptors (Lipinski definition) is 6. The van der Waals surface area contributed by atoms with E-state index in [1.807, 2.05) is 24.3 Å². The minimum Gasteiger partial charge on any atom is -0.355 e. The van der Waals surface area contributed by atoms with E-state index >= 15 is 0 Å². The number of nitrogens with zero attached hydrogens (tertiary/aromatic N) is 2. The fraction of sp³-hybridized carbons (Fsp3) is 0.182. The zero-order valence-corrected chi connectivity index (χ0v) is 17.6. The molecule has 9 heteroatoms. The largest absolute Gasteiger partial charge is 0.355 e. The van der Waals surface area contributed by atoms with Crippen LogP contribution in [0, 0.1) is 0 Å². The molecule has 31 heavy (non-hydrogen) atoms. The highest BCUT2D eigenvalue weighted by atomic mass is 35.5. The van der Waals surface area contributed by atoms with Gasteiger partial charge in [-0.2, -0.15) is 4.98 Å². The SMILES string of the molecule is CNC(=O)c1ccccc1Nc1nc(Nc2ccc3c(c2)CCCC(=O)N3)ncc1Cl. The molecule has 4 N–H and O–H groups in total. The molecule has 0 bridgehead atoms. The fourth-order valence-corrected chi connectivity index (χ4v) is 3.49. The molecule has 0 radical (unpaired) electrons. The van der Waals surface area contributed by atoms with Crippen LogP contribution < -0.4 is 21.3 Å². The van der Waals surface area contributed by atoms with Gasteiger partial charge < -0.3 is 21.3 Å². The molecule has 1 aliphatic heterocycles. The van der Waals surface area contributed by atoms with Crippen LogP contribution in [0.3, 0.4) is 0 Å². The van der Waals surface area contributed by atoms with Crippen molar-refractivity contribution < 1.29 is 9.59 Å². The number of para-hydroxylation sites is 1. The number of hydrogen-bond donors (Lipinski definition) is 4. The van der Waals surface area contributed by atoms with Crippen molar-refractivity contribution in [1.29, 1.82) is 0 Å². The first-order valence-corrected chi connectivity index (χ1v) is 10.2. The highest BCUT2D eigenvalue weighted by molar-refractivity contribution is 6.33. The summed E-state index contributed by atoms with van der Waals surface area (Å²) in [7, 11) is 1.57. The number of aryl methyl sites for hydroxylation is 1. The third-order valence-electron chi connectivity index (χ3n) is 4.88. The van der Waals surface area contributed by atoms with Gasteiger partial charge in [-0.05, 0) is 48.7 Å². The number of nitrogens with one attached hydrogen (secondary N) is 4. The maximum absolute atomic E-state index is 12.1. The van der Waals surface area contributed by atoms with E-state index in [0.717, 1.165) is 29.8 Å². The number of rotatable bonds is 5. The minimum atomic E-state index is -0.219. The summed E-state index contributed by atoms with van der Waals surface area (Å²) >= 11 is 6.29. The molecule has 8 nitrogen and oxygen atoms in total. The average Bonchev–Trinajstić information content (AvgIpc) is 2.96. The monoisotopic (exact) mass is 436 g/mol. The lowest BCUT2D eigenvalue weighted by atomic mass is 10.1. The predicted molar refractivity (Wildman–Crippen MR) is 121 cm³/mol. The molecule has 4 rings (SSSR count). The molecule has 2 aromatic carbocycles. The Hall–Kier alpha value is -3.65. The van der Waals surface area contributed by atoms with Crippen LogP contribution in [0.4, 0.5) is 28.8 Å². The van der Waals surface area contributed by atoms with Gasteiger partial charge in [0.05, 0.1) is 17.4 Å². The molecular weight excluding hydrogens is 416 g/mol. The van der Waals surface area contributed by atoms with Gasteiger partial charge in [-0.25, -0.2) is 4.98 Å². The summed E-state index contributed by atoms with van der Waals surface area (Å²) in [5, 5.41) is 12.1. The molecule has 0 saturated carbocycles. The highest BCUT2D eigenvalue weighted by Gasteiger charge is 2.15. The van der Waals surface area contributed by atoms with Crippen LogP contribution in [0.1, 0.15) is 28.8 Å². The van der Waals surface area contributed by atoms with Crippen LogP contribution >= 0.6 is 11.6 Å². The third-order valence-corrected chi connectivity index (χ3v) is 5.16. The van der Waals surface area contributed by atoms with Crippen LogP contribution in [0.2, 0.25) is 5.02 Å². The van der Waals surface area contributed by atoms with Gasteiger partial charge >= 0.3 is 0 Å². The van der Waals surface area contributed by atoms with Gasteiger partial charge in [0.25, 0.3) is 5.91 Å². The van der Waals surface area contributed by atoms with Gasteiger partial charge in [0.15, 0.2) is 5.82 Å². The van der Waals surface area contributed by atoms with E-state index in [9.17, 15) is 9.59 Å². The van der Waals surface area contributed by atoms with Gasteiger partial charge in [0, 0.05) is 24.8 Å². The van der Waals surface area contributed by atoms with Gasteiger partial charge in [0.1, 0.15) is 5.02 Å². The van der Waals surface area contributed by atoms with Gasteiger partial charge in [0.2, 0.25) is 11.9 Å². The van der Waals surface area contributed by atoms with Crippen molar-refractivity contribution in [1.82, 2.24) is 15.3 Å². The summed E-state index contributed by atoms with van der Waals surface area (Å²) in [5.41, 5.74) is 3.74. The summed E-state index contributed by atoms with van der Waals surface area (Å²) in [6.45, 7) is 0. The van der Waals surface area contributed by atoms with E-state index in [4.69, 9.17) is 11.6 Å². The molecular formula is C22H21ClN6O2. The van der Waals surface area contributed by atoms with Crippen LogP contribution in [0.5, 0.6) is 0 Å². The molecule has 2 heterocycles. The molecule has 1 aromatic heterocycles. The second-order valence-corrected chi connectivity index (χ2v) is 7.45. The molecule has 0 saturated heterocycles. The Balaban J connectivity index is 1.57. The van der Waals surface area contributed by atoms with Crippen molar-refractivity contribution in [2.45, 2.75) is 19.3 Å². The lowest BCUT2D eigenvalue weighted by molar-refractivity contribution is -0.116. The Labute approximate surface area is 184 Å². The quantitative estimate of drug-likeness (QED) is 0.476. The van der Waals surface area contributed by atoms with Crippen molar-refractivity contribution in [2.24, 2.45) is 0 Å². The number of carbonyl (C=O) groups excluding carboxylic acids is 2. The van der Waals surface area contributed by atoms with E-state index in [-0.39, 0.29) is 11.8 Å². The van der Waals surface area contributed by atoms with Crippen LogP contribution in [-0.4, -0.2) is 28.8 Å². The smallest absolute Gasteiger partial charge is 0.253 e. The Morgan fingerprint density at radius 1 is 1.13 bits per heavy atom. The number of fused-ring (bicyclic) bond motifs is 1. The Kier molecular flexibility index (Phi) is 5.99. The number of amides is 2. The lowest BCUT2D eigenvalue weighted by Gasteiger charge is -2.13. The maximum Gasteiger partial charge on any atom is 0.253 e. The van der Waals surface area contributed by atoms with Crippen molar-refractivity contribution in [2.75, 3.05) is 23.0 Å². The van der Waals surface area contributed by atoms with E-state index in [0.29, 0.717) is 34.5 Å². The predicted octanol–water partition coefficient (Wildman–Crippen LogP) is 4.25. The van der Waals surface area contributed by atoms with E-state index in [2.05, 4.69) is 31.2 Å². The highest BCUT2D eigenvalue weighted by Crippen LogP contribution is 2.29. The zero-order chi connectivity index (χ0) is 21.8. The maximum atomic E-state index is 12.1. The number of benzene rings is 2. The molecule has 0 fully saturated rings. The van der Waals surface area contributed by atoms with Crippen molar-refractivity contribution in [3.8, 4) is 0 Å². The fourth-order valence-electron chi connectivity index (χ4n) is 3.35. The van der Waals surface area contributed by atoms with Crippen LogP contribution in [0.25, 0.3) is 0 Å². The number of carbonyl (C=O) groups is 2. The molecule has 158 valence electrons. The van der Waals surface area contributed by atoms with E-state index in [1.54, 1.807) is 25.2 Å². The third kappa shape index (κ3) is 4.75. The van der Waals surface area contributed by atoms with Crippen LogP contribution in [-0.2, 0) is 11.2 Å². The summed E-state index contributed by atoms with van der Waals surface area (Å²) in [6.07, 6.45) is 3.63. The Morgan fingerprint density at radius 3 is 2.81 bits per heavy atom. The normalized spacial score (nSPS) is 12.9. The lowest BCUT2D eigenvalue weighted by Crippen LogP contribution is -2.19. The van der Waals surface area contributed by atoms with Gasteiger partial charge in [-0.3, -0.25) is 9.59 Å². The first-order valence-electron chi connectivity index (χ1n) is 9.84. The number of anilines is 5. The first kappa shape index (κ1) is 20.6. The minimum absolute atomic E-state index is 0.0354. The Morgan fingerprint density at radius 2 is 1.97 bits per heavy atom. The topological polar surface area (TPSA) is 108 Å². The second kappa shape index (κ2) is 9.01. The number of aromatic nitrogens is 2. The molecule has 1 aliphatic rings. The average molecular weight is 437 g/mol. The summed E-state index contributed by atoms with van der Waals surface area (Å²) in [5.74, 6) is 0.538. The second-order valence-electron chi connectivity index (χ2n) is 7.04. The van der Waals surface area contributed by atoms with Gasteiger partial charge in [-0.1, -0.05) is 23.7 Å². The molecule has 0 spiro atoms. The molecule has 3 aromatic rings. The van der Waals surface area contributed by atoms with Crippen molar-refractivity contribution in [3.63, 3.8) is 0 Å². The summed E-state index contributed by atoms with van der Waals surface area (Å²) in [4.78, 5) is 32.6. The van der Waals surface area contributed by atoms with Crippen molar-refractivity contribution in [3.05, 3.63) is 64.8 Å². The number of halogens is 1.